The molecule has 1 saturated heterocycles. The van der Waals surface area contributed by atoms with E-state index in [1.807, 2.05) is 0 Å². The lowest BCUT2D eigenvalue weighted by Gasteiger charge is -2.37. The molecule has 1 aliphatic rings. The maximum atomic E-state index is 6.61. The number of rotatable bonds is 2. The second-order valence-corrected chi connectivity index (χ2v) is 17.3. The molecule has 0 aromatic rings. The van der Waals surface area contributed by atoms with Crippen molar-refractivity contribution in [2.75, 3.05) is 0 Å². The molecule has 1 rings (SSSR count). The number of hydrogen-bond donors (Lipinski definition) is 0. The van der Waals surface area contributed by atoms with Crippen LogP contribution in [0, 0.1) is 0 Å². The van der Waals surface area contributed by atoms with Gasteiger partial charge in [0.15, 0.2) is 14.8 Å². The quantitative estimate of drug-likeness (QED) is 0.498. The van der Waals surface area contributed by atoms with Crippen LogP contribution in [-0.4, -0.2) is 14.8 Å². The van der Waals surface area contributed by atoms with Crippen LogP contribution in [0.25, 0.3) is 0 Å². The molecule has 2 unspecified atom stereocenters. The summed E-state index contributed by atoms with van der Waals surface area (Å²) in [5, 5.41) is 0. The summed E-state index contributed by atoms with van der Waals surface area (Å²) in [6.45, 7) is 4.48. The van der Waals surface area contributed by atoms with Gasteiger partial charge < -0.3 is 0 Å². The molecule has 0 aromatic carbocycles. The molecule has 0 aliphatic carbocycles. The van der Waals surface area contributed by atoms with E-state index in [1.165, 1.54) is 36.3 Å². The average Bonchev–Trinajstić information content (AvgIpc) is 2.05. The summed E-state index contributed by atoms with van der Waals surface area (Å²) in [6, 6.07) is 5.06. The van der Waals surface area contributed by atoms with E-state index in [0.717, 1.165) is 0 Å². The van der Waals surface area contributed by atoms with Gasteiger partial charge in [-0.05, 0) is 29.8 Å². The zero-order valence-corrected chi connectivity index (χ0v) is 11.5. The Morgan fingerprint density at radius 3 is 1.75 bits per heavy atom. The Labute approximate surface area is 87.1 Å². The molecule has 12 heavy (non-hydrogen) atoms. The smallest absolute Gasteiger partial charge is 0.154 e. The molecule has 2 atom stereocenters. The minimum Gasteiger partial charge on any atom is -0.167 e. The van der Waals surface area contributed by atoms with Crippen molar-refractivity contribution in [2.24, 2.45) is 0 Å². The maximum absolute atomic E-state index is 6.61. The first-order valence-corrected chi connectivity index (χ1v) is 12.2. The van der Waals surface area contributed by atoms with Gasteiger partial charge >= 0.3 is 0 Å². The predicted molar refractivity (Wildman–Crippen MR) is 63.2 cm³/mol. The Morgan fingerprint density at radius 1 is 1.00 bits per heavy atom. The number of hydrogen-bond acceptors (Lipinski definition) is 0. The molecular formula is C8H18Cl2Si2. The first kappa shape index (κ1) is 11.1. The second kappa shape index (κ2) is 4.03. The van der Waals surface area contributed by atoms with E-state index < -0.39 is 14.8 Å². The third kappa shape index (κ3) is 2.50. The van der Waals surface area contributed by atoms with Gasteiger partial charge in [-0.3, -0.25) is 0 Å². The Kier molecular flexibility index (Phi) is 3.73. The zero-order chi connectivity index (χ0) is 9.24. The molecule has 0 radical (unpaired) electrons. The van der Waals surface area contributed by atoms with Crippen LogP contribution < -0.4 is 0 Å². The largest absolute Gasteiger partial charge is 0.167 e. The highest BCUT2D eigenvalue weighted by atomic mass is 35.6. The lowest BCUT2D eigenvalue weighted by Crippen LogP contribution is -2.43. The van der Waals surface area contributed by atoms with E-state index >= 15 is 0 Å². The van der Waals surface area contributed by atoms with E-state index in [2.05, 4.69) is 13.8 Å². The summed E-state index contributed by atoms with van der Waals surface area (Å²) < 4.78 is 0. The van der Waals surface area contributed by atoms with Gasteiger partial charge in [-0.25, -0.2) is 0 Å². The van der Waals surface area contributed by atoms with Crippen molar-refractivity contribution in [2.45, 2.75) is 50.1 Å². The Hall–Kier alpha value is 1.01. The van der Waals surface area contributed by atoms with E-state index in [1.54, 1.807) is 0 Å². The third-order valence-electron chi connectivity index (χ3n) is 3.15. The van der Waals surface area contributed by atoms with Crippen LogP contribution in [0.1, 0.15) is 20.3 Å². The van der Waals surface area contributed by atoms with E-state index in [4.69, 9.17) is 22.2 Å². The van der Waals surface area contributed by atoms with Gasteiger partial charge in [0.1, 0.15) is 0 Å². The van der Waals surface area contributed by atoms with Crippen LogP contribution in [-0.2, 0) is 0 Å². The van der Waals surface area contributed by atoms with Gasteiger partial charge in [0.05, 0.1) is 0 Å². The molecule has 0 bridgehead atoms. The summed E-state index contributed by atoms with van der Waals surface area (Å²) in [6.07, 6.45) is 1.31. The molecule has 4 heteroatoms. The molecule has 72 valence electrons. The Morgan fingerprint density at radius 2 is 1.42 bits per heavy atom. The normalized spacial score (nSPS) is 43.0. The molecule has 0 N–H and O–H groups in total. The van der Waals surface area contributed by atoms with E-state index in [9.17, 15) is 0 Å². The second-order valence-electron chi connectivity index (χ2n) is 4.04. The monoisotopic (exact) mass is 240 g/mol. The molecule has 0 saturated carbocycles. The molecular weight excluding hydrogens is 223 g/mol. The van der Waals surface area contributed by atoms with Crippen molar-refractivity contribution in [1.82, 2.24) is 0 Å². The fourth-order valence-corrected chi connectivity index (χ4v) is 18.7. The first-order chi connectivity index (χ1) is 5.54. The summed E-state index contributed by atoms with van der Waals surface area (Å²) >= 11 is 13.2. The molecule has 1 fully saturated rings. The van der Waals surface area contributed by atoms with Gasteiger partial charge in [0.2, 0.25) is 0 Å². The van der Waals surface area contributed by atoms with Gasteiger partial charge in [0.25, 0.3) is 0 Å². The topological polar surface area (TPSA) is 0 Å². The summed E-state index contributed by atoms with van der Waals surface area (Å²) in [5.41, 5.74) is 1.26. The minimum absolute atomic E-state index is 1.22. The Balaban J connectivity index is 2.62. The Bertz CT molecular complexity index is 149. The van der Waals surface area contributed by atoms with Crippen LogP contribution >= 0.6 is 22.2 Å². The molecule has 0 spiro atoms. The van der Waals surface area contributed by atoms with E-state index in [0.29, 0.717) is 0 Å². The summed E-state index contributed by atoms with van der Waals surface area (Å²) in [4.78, 5) is 0. The van der Waals surface area contributed by atoms with Gasteiger partial charge in [0, 0.05) is 0 Å². The van der Waals surface area contributed by atoms with Crippen molar-refractivity contribution < 1.29 is 0 Å². The van der Waals surface area contributed by atoms with Crippen molar-refractivity contribution in [3.63, 3.8) is 0 Å². The molecule has 1 heterocycles. The van der Waals surface area contributed by atoms with Crippen LogP contribution in [0.5, 0.6) is 0 Å². The molecule has 1 aliphatic heterocycles. The van der Waals surface area contributed by atoms with Crippen molar-refractivity contribution in [3.05, 3.63) is 0 Å². The standard InChI is InChI=1S/C8H18Cl2Si2/c1-3-11(9)6-5-7-12(10,4-2)8-11/h3-8H2,1-2H3. The van der Waals surface area contributed by atoms with Gasteiger partial charge in [-0.1, -0.05) is 20.3 Å². The van der Waals surface area contributed by atoms with Crippen molar-refractivity contribution in [1.29, 1.82) is 0 Å². The fraction of sp³-hybridized carbons (Fsp3) is 1.00. The molecule has 0 amide bonds. The minimum atomic E-state index is -1.36. The highest BCUT2D eigenvalue weighted by Crippen LogP contribution is 2.43. The lowest BCUT2D eigenvalue weighted by molar-refractivity contribution is 0.978. The highest BCUT2D eigenvalue weighted by Gasteiger charge is 2.44. The lowest BCUT2D eigenvalue weighted by atomic mass is 10.6. The number of halogens is 2. The van der Waals surface area contributed by atoms with Crippen LogP contribution in [0.15, 0.2) is 0 Å². The molecule has 0 aromatic heterocycles. The fourth-order valence-electron chi connectivity index (χ4n) is 2.07. The van der Waals surface area contributed by atoms with Crippen LogP contribution in [0.4, 0.5) is 0 Å². The summed E-state index contributed by atoms with van der Waals surface area (Å²) in [7, 11) is -2.73. The van der Waals surface area contributed by atoms with Gasteiger partial charge in [-0.15, -0.1) is 0 Å². The summed E-state index contributed by atoms with van der Waals surface area (Å²) in [5.74, 6) is 0. The third-order valence-corrected chi connectivity index (χ3v) is 18.4. The SMILES string of the molecule is CC[Si]1(Cl)CCC[Si](Cl)(CC)C1. The van der Waals surface area contributed by atoms with E-state index in [-0.39, 0.29) is 0 Å². The average molecular weight is 241 g/mol. The van der Waals surface area contributed by atoms with Gasteiger partial charge in [-0.2, -0.15) is 22.2 Å². The predicted octanol–water partition coefficient (Wildman–Crippen LogP) is 4.34. The maximum Gasteiger partial charge on any atom is 0.154 e. The van der Waals surface area contributed by atoms with Crippen molar-refractivity contribution >= 4 is 36.9 Å². The van der Waals surface area contributed by atoms with Crippen molar-refractivity contribution in [3.8, 4) is 0 Å². The first-order valence-electron chi connectivity index (χ1n) is 4.91. The molecule has 0 nitrogen and oxygen atoms in total. The zero-order valence-electron chi connectivity index (χ0n) is 8.00. The van der Waals surface area contributed by atoms with Crippen LogP contribution in [0.3, 0.4) is 0 Å². The van der Waals surface area contributed by atoms with Crippen LogP contribution in [0.2, 0.25) is 29.8 Å². The highest BCUT2D eigenvalue weighted by molar-refractivity contribution is 7.33.